The second kappa shape index (κ2) is 12.4. The topological polar surface area (TPSA) is 87.5 Å². The number of carbonyl (C=O) groups excluding carboxylic acids is 2. The fraction of sp³-hybridized carbons (Fsp3) is 0.391. The summed E-state index contributed by atoms with van der Waals surface area (Å²) >= 11 is 0. The molecule has 0 aliphatic rings. The third-order valence-corrected chi connectivity index (χ3v) is 4.94. The molecule has 192 valence electrons. The Labute approximate surface area is 198 Å². The average Bonchev–Trinajstić information content (AvgIpc) is 2.78. The molecular formula is C23H26F6N4O2. The van der Waals surface area contributed by atoms with Crippen LogP contribution in [0.25, 0.3) is 0 Å². The number of alkyl halides is 6. The molecule has 0 aromatic heterocycles. The molecule has 0 unspecified atom stereocenters. The molecule has 0 saturated carbocycles. The van der Waals surface area contributed by atoms with Crippen LogP contribution in [0.1, 0.15) is 36.8 Å². The minimum absolute atomic E-state index is 0.0814. The van der Waals surface area contributed by atoms with Gasteiger partial charge in [0, 0.05) is 30.9 Å². The van der Waals surface area contributed by atoms with Crippen molar-refractivity contribution >= 4 is 23.3 Å². The Kier molecular flexibility index (Phi) is 9.93. The van der Waals surface area contributed by atoms with Gasteiger partial charge in [-0.3, -0.25) is 9.69 Å². The Bertz CT molecular complexity index is 994. The molecule has 0 bridgehead atoms. The van der Waals surface area contributed by atoms with Gasteiger partial charge in [0.1, 0.15) is 0 Å². The molecule has 35 heavy (non-hydrogen) atoms. The van der Waals surface area contributed by atoms with Gasteiger partial charge < -0.3 is 16.4 Å². The number of hydrogen-bond acceptors (Lipinski definition) is 3. The van der Waals surface area contributed by atoms with Gasteiger partial charge in [-0.25, -0.2) is 4.79 Å². The Morgan fingerprint density at radius 3 is 2.11 bits per heavy atom. The van der Waals surface area contributed by atoms with E-state index in [0.29, 0.717) is 19.0 Å². The van der Waals surface area contributed by atoms with Crippen LogP contribution in [0.15, 0.2) is 48.5 Å². The van der Waals surface area contributed by atoms with Gasteiger partial charge in [0.15, 0.2) is 0 Å². The van der Waals surface area contributed by atoms with Crippen molar-refractivity contribution in [2.24, 2.45) is 5.73 Å². The van der Waals surface area contributed by atoms with Gasteiger partial charge in [-0.05, 0) is 55.8 Å². The summed E-state index contributed by atoms with van der Waals surface area (Å²) in [6, 6.07) is 6.85. The van der Waals surface area contributed by atoms with Gasteiger partial charge in [-0.15, -0.1) is 0 Å². The number of hydrogen-bond donors (Lipinski definition) is 3. The molecule has 6 nitrogen and oxygen atoms in total. The highest BCUT2D eigenvalue weighted by Crippen LogP contribution is 2.33. The third kappa shape index (κ3) is 9.12. The highest BCUT2D eigenvalue weighted by Gasteiger charge is 2.32. The minimum atomic E-state index is -4.67. The highest BCUT2D eigenvalue weighted by molar-refractivity contribution is 6.01. The molecule has 0 spiro atoms. The van der Waals surface area contributed by atoms with E-state index in [9.17, 15) is 35.9 Å². The standard InChI is InChI=1S/C23H26F6N4O2/c24-22(25,26)16-6-4-8-18(14-16)32-21(35)33(13-12-31-20(34)10-2-1-3-11-30)19-9-5-7-17(15-19)23(27,28)29/h4-9,14-15H,1-3,10-13,30H2,(H,31,34)(H,32,35). The van der Waals surface area contributed by atoms with Crippen molar-refractivity contribution in [2.75, 3.05) is 29.9 Å². The summed E-state index contributed by atoms with van der Waals surface area (Å²) in [7, 11) is 0. The lowest BCUT2D eigenvalue weighted by atomic mass is 10.1. The number of urea groups is 1. The second-order valence-corrected chi connectivity index (χ2v) is 7.66. The molecule has 0 atom stereocenters. The first-order valence-corrected chi connectivity index (χ1v) is 10.8. The molecular weight excluding hydrogens is 478 g/mol. The Morgan fingerprint density at radius 2 is 1.49 bits per heavy atom. The summed E-state index contributed by atoms with van der Waals surface area (Å²) in [5, 5.41) is 4.87. The first kappa shape index (κ1) is 28.0. The zero-order valence-corrected chi connectivity index (χ0v) is 18.7. The molecule has 0 heterocycles. The predicted molar refractivity (Wildman–Crippen MR) is 120 cm³/mol. The highest BCUT2D eigenvalue weighted by atomic mass is 19.4. The fourth-order valence-corrected chi connectivity index (χ4v) is 3.16. The fourth-order valence-electron chi connectivity index (χ4n) is 3.16. The normalized spacial score (nSPS) is 11.7. The van der Waals surface area contributed by atoms with Crippen molar-refractivity contribution in [3.05, 3.63) is 59.7 Å². The minimum Gasteiger partial charge on any atom is -0.354 e. The van der Waals surface area contributed by atoms with Crippen LogP contribution in [-0.2, 0) is 17.1 Å². The largest absolute Gasteiger partial charge is 0.416 e. The molecule has 0 radical (unpaired) electrons. The lowest BCUT2D eigenvalue weighted by molar-refractivity contribution is -0.138. The quantitative estimate of drug-likeness (QED) is 0.299. The molecule has 2 aromatic rings. The van der Waals surface area contributed by atoms with E-state index in [0.717, 1.165) is 48.1 Å². The number of nitrogens with one attached hydrogen (secondary N) is 2. The smallest absolute Gasteiger partial charge is 0.354 e. The lowest BCUT2D eigenvalue weighted by Crippen LogP contribution is -2.41. The monoisotopic (exact) mass is 504 g/mol. The van der Waals surface area contributed by atoms with E-state index >= 15 is 0 Å². The van der Waals surface area contributed by atoms with Gasteiger partial charge in [-0.1, -0.05) is 18.6 Å². The number of benzene rings is 2. The number of unbranched alkanes of at least 4 members (excludes halogenated alkanes) is 2. The zero-order valence-electron chi connectivity index (χ0n) is 18.7. The van der Waals surface area contributed by atoms with Crippen molar-refractivity contribution < 1.29 is 35.9 Å². The maximum atomic E-state index is 13.2. The molecule has 3 amide bonds. The molecule has 12 heteroatoms. The van der Waals surface area contributed by atoms with E-state index in [1.165, 1.54) is 12.1 Å². The van der Waals surface area contributed by atoms with Crippen LogP contribution in [-0.4, -0.2) is 31.6 Å². The molecule has 0 fully saturated rings. The number of carbonyl (C=O) groups is 2. The van der Waals surface area contributed by atoms with Gasteiger partial charge >= 0.3 is 18.4 Å². The molecule has 2 aromatic carbocycles. The van der Waals surface area contributed by atoms with Crippen LogP contribution in [0.5, 0.6) is 0 Å². The molecule has 0 saturated heterocycles. The van der Waals surface area contributed by atoms with Crippen LogP contribution in [0, 0.1) is 0 Å². The van der Waals surface area contributed by atoms with Gasteiger partial charge in [0.2, 0.25) is 5.91 Å². The number of nitrogens with two attached hydrogens (primary N) is 1. The summed E-state index contributed by atoms with van der Waals surface area (Å²) in [4.78, 5) is 25.8. The second-order valence-electron chi connectivity index (χ2n) is 7.66. The summed E-state index contributed by atoms with van der Waals surface area (Å²) in [6.07, 6.45) is -6.95. The molecule has 0 aliphatic heterocycles. The Hall–Kier alpha value is -3.28. The van der Waals surface area contributed by atoms with Crippen molar-refractivity contribution in [1.29, 1.82) is 0 Å². The number of rotatable bonds is 10. The van der Waals surface area contributed by atoms with E-state index in [2.05, 4.69) is 10.6 Å². The molecule has 4 N–H and O–H groups in total. The molecule has 0 aliphatic carbocycles. The van der Waals surface area contributed by atoms with E-state index in [-0.39, 0.29) is 36.8 Å². The van der Waals surface area contributed by atoms with E-state index in [1.54, 1.807) is 0 Å². The number of amides is 3. The maximum absolute atomic E-state index is 13.2. The summed E-state index contributed by atoms with van der Waals surface area (Å²) in [6.45, 7) is 0.206. The summed E-state index contributed by atoms with van der Waals surface area (Å²) in [5.41, 5.74) is 3.07. The van der Waals surface area contributed by atoms with Crippen LogP contribution in [0.4, 0.5) is 42.5 Å². The third-order valence-electron chi connectivity index (χ3n) is 4.94. The Morgan fingerprint density at radius 1 is 0.857 bits per heavy atom. The lowest BCUT2D eigenvalue weighted by Gasteiger charge is -2.24. The van der Waals surface area contributed by atoms with Crippen LogP contribution in [0.2, 0.25) is 0 Å². The van der Waals surface area contributed by atoms with Gasteiger partial charge in [-0.2, -0.15) is 26.3 Å². The summed E-state index contributed by atoms with van der Waals surface area (Å²) in [5.74, 6) is -0.302. The SMILES string of the molecule is NCCCCCC(=O)NCCN(C(=O)Nc1cccc(C(F)(F)F)c1)c1cccc(C(F)(F)F)c1. The zero-order chi connectivity index (χ0) is 26.1. The van der Waals surface area contributed by atoms with Gasteiger partial charge in [0.25, 0.3) is 0 Å². The molecule has 2 rings (SSSR count). The van der Waals surface area contributed by atoms with E-state index in [4.69, 9.17) is 5.73 Å². The number of halogens is 6. The van der Waals surface area contributed by atoms with Crippen LogP contribution >= 0.6 is 0 Å². The van der Waals surface area contributed by atoms with E-state index in [1.807, 2.05) is 0 Å². The first-order valence-electron chi connectivity index (χ1n) is 10.8. The van der Waals surface area contributed by atoms with Crippen molar-refractivity contribution in [3.8, 4) is 0 Å². The van der Waals surface area contributed by atoms with Crippen molar-refractivity contribution in [1.82, 2.24) is 5.32 Å². The van der Waals surface area contributed by atoms with Crippen molar-refractivity contribution in [3.63, 3.8) is 0 Å². The van der Waals surface area contributed by atoms with Crippen LogP contribution < -0.4 is 21.3 Å². The average molecular weight is 504 g/mol. The summed E-state index contributed by atoms with van der Waals surface area (Å²) < 4.78 is 78.5. The number of anilines is 2. The van der Waals surface area contributed by atoms with E-state index < -0.39 is 29.5 Å². The number of nitrogens with zero attached hydrogens (tertiary/aromatic N) is 1. The first-order chi connectivity index (χ1) is 16.4. The van der Waals surface area contributed by atoms with Crippen molar-refractivity contribution in [2.45, 2.75) is 38.0 Å². The Balaban J connectivity index is 2.17. The predicted octanol–water partition coefficient (Wildman–Crippen LogP) is 5.40. The maximum Gasteiger partial charge on any atom is 0.416 e. The van der Waals surface area contributed by atoms with Gasteiger partial charge in [0.05, 0.1) is 11.1 Å². The van der Waals surface area contributed by atoms with Crippen LogP contribution in [0.3, 0.4) is 0 Å².